The second-order valence-electron chi connectivity index (χ2n) is 5.00. The Bertz CT molecular complexity index is 539. The SMILES string of the molecule is CCCc1noc(COc2ccc(CC(N)CC)nc2)n1. The van der Waals surface area contributed by atoms with Gasteiger partial charge in [0.2, 0.25) is 0 Å². The first-order valence-electron chi connectivity index (χ1n) is 7.36. The van der Waals surface area contributed by atoms with E-state index >= 15 is 0 Å². The molecule has 0 aliphatic carbocycles. The fraction of sp³-hybridized carbons (Fsp3) is 0.533. The maximum atomic E-state index is 5.91. The first kappa shape index (κ1) is 15.4. The third kappa shape index (κ3) is 4.82. The summed E-state index contributed by atoms with van der Waals surface area (Å²) in [4.78, 5) is 8.59. The normalized spacial score (nSPS) is 12.3. The largest absolute Gasteiger partial charge is 0.482 e. The molecule has 0 bridgehead atoms. The average Bonchev–Trinajstić information content (AvgIpc) is 2.94. The number of aryl methyl sites for hydroxylation is 1. The molecule has 0 radical (unpaired) electrons. The van der Waals surface area contributed by atoms with Gasteiger partial charge in [0.15, 0.2) is 12.4 Å². The zero-order valence-electron chi connectivity index (χ0n) is 12.6. The number of hydrogen-bond acceptors (Lipinski definition) is 6. The lowest BCUT2D eigenvalue weighted by Gasteiger charge is -2.08. The summed E-state index contributed by atoms with van der Waals surface area (Å²) in [6.07, 6.45) is 5.22. The molecule has 1 atom stereocenters. The van der Waals surface area contributed by atoms with Crippen molar-refractivity contribution in [1.82, 2.24) is 15.1 Å². The monoisotopic (exact) mass is 290 g/mol. The molecule has 0 saturated heterocycles. The maximum absolute atomic E-state index is 5.91. The standard InChI is InChI=1S/C15H22N4O2/c1-3-5-14-18-15(21-19-14)10-20-13-7-6-12(17-9-13)8-11(16)4-2/h6-7,9,11H,3-5,8,10,16H2,1-2H3. The Morgan fingerprint density at radius 2 is 2.19 bits per heavy atom. The molecule has 0 aromatic carbocycles. The van der Waals surface area contributed by atoms with Crippen LogP contribution in [0.15, 0.2) is 22.9 Å². The minimum atomic E-state index is 0.152. The molecule has 114 valence electrons. The van der Waals surface area contributed by atoms with Gasteiger partial charge in [-0.1, -0.05) is 19.0 Å². The number of pyridine rings is 1. The van der Waals surface area contributed by atoms with Crippen molar-refractivity contribution in [3.05, 3.63) is 35.7 Å². The molecule has 0 fully saturated rings. The van der Waals surface area contributed by atoms with E-state index in [4.69, 9.17) is 15.0 Å². The third-order valence-corrected chi connectivity index (χ3v) is 3.14. The van der Waals surface area contributed by atoms with E-state index in [2.05, 4.69) is 29.0 Å². The quantitative estimate of drug-likeness (QED) is 0.802. The fourth-order valence-electron chi connectivity index (χ4n) is 1.85. The lowest BCUT2D eigenvalue weighted by Crippen LogP contribution is -2.21. The highest BCUT2D eigenvalue weighted by molar-refractivity contribution is 5.20. The Morgan fingerprint density at radius 3 is 2.86 bits per heavy atom. The second-order valence-corrected chi connectivity index (χ2v) is 5.00. The summed E-state index contributed by atoms with van der Waals surface area (Å²) in [5.41, 5.74) is 6.88. The molecular formula is C15H22N4O2. The summed E-state index contributed by atoms with van der Waals surface area (Å²) in [7, 11) is 0. The Labute approximate surface area is 124 Å². The van der Waals surface area contributed by atoms with Gasteiger partial charge in [-0.15, -0.1) is 0 Å². The molecule has 21 heavy (non-hydrogen) atoms. The van der Waals surface area contributed by atoms with E-state index in [1.165, 1.54) is 0 Å². The summed E-state index contributed by atoms with van der Waals surface area (Å²) in [5, 5.41) is 3.88. The first-order chi connectivity index (χ1) is 10.2. The molecule has 0 spiro atoms. The molecule has 6 heteroatoms. The Balaban J connectivity index is 1.85. The number of aromatic nitrogens is 3. The molecule has 2 aromatic rings. The van der Waals surface area contributed by atoms with Gasteiger partial charge < -0.3 is 15.0 Å². The maximum Gasteiger partial charge on any atom is 0.264 e. The number of nitrogens with zero attached hydrogens (tertiary/aromatic N) is 3. The molecule has 6 nitrogen and oxygen atoms in total. The highest BCUT2D eigenvalue weighted by Gasteiger charge is 2.07. The van der Waals surface area contributed by atoms with Gasteiger partial charge in [0.05, 0.1) is 6.20 Å². The van der Waals surface area contributed by atoms with Gasteiger partial charge in [-0.25, -0.2) is 0 Å². The summed E-state index contributed by atoms with van der Waals surface area (Å²) in [5.74, 6) is 1.88. The highest BCUT2D eigenvalue weighted by atomic mass is 16.5. The molecule has 2 heterocycles. The van der Waals surface area contributed by atoms with Gasteiger partial charge in [0.25, 0.3) is 5.89 Å². The van der Waals surface area contributed by atoms with Crippen molar-refractivity contribution in [2.75, 3.05) is 0 Å². The van der Waals surface area contributed by atoms with Crippen molar-refractivity contribution < 1.29 is 9.26 Å². The van der Waals surface area contributed by atoms with E-state index in [-0.39, 0.29) is 12.6 Å². The van der Waals surface area contributed by atoms with Crippen LogP contribution in [0.5, 0.6) is 5.75 Å². The van der Waals surface area contributed by atoms with Crippen LogP contribution in [0, 0.1) is 0 Å². The molecule has 2 aromatic heterocycles. The molecule has 0 aliphatic heterocycles. The lowest BCUT2D eigenvalue weighted by molar-refractivity contribution is 0.241. The van der Waals surface area contributed by atoms with Gasteiger partial charge in [-0.05, 0) is 25.0 Å². The van der Waals surface area contributed by atoms with Gasteiger partial charge in [0.1, 0.15) is 5.75 Å². The van der Waals surface area contributed by atoms with Crippen molar-refractivity contribution in [2.45, 2.75) is 52.2 Å². The van der Waals surface area contributed by atoms with Crippen LogP contribution >= 0.6 is 0 Å². The topological polar surface area (TPSA) is 87.1 Å². The highest BCUT2D eigenvalue weighted by Crippen LogP contribution is 2.12. The Hall–Kier alpha value is -1.95. The molecule has 0 amide bonds. The summed E-state index contributed by atoms with van der Waals surface area (Å²) >= 11 is 0. The third-order valence-electron chi connectivity index (χ3n) is 3.14. The van der Waals surface area contributed by atoms with Crippen molar-refractivity contribution in [1.29, 1.82) is 0 Å². The Kier molecular flexibility index (Phi) is 5.68. The summed E-state index contributed by atoms with van der Waals surface area (Å²) < 4.78 is 10.7. The number of hydrogen-bond donors (Lipinski definition) is 1. The van der Waals surface area contributed by atoms with Crippen molar-refractivity contribution in [3.63, 3.8) is 0 Å². The van der Waals surface area contributed by atoms with E-state index in [1.807, 2.05) is 12.1 Å². The van der Waals surface area contributed by atoms with Crippen LogP contribution in [-0.2, 0) is 19.4 Å². The summed E-state index contributed by atoms with van der Waals surface area (Å²) in [6, 6.07) is 3.97. The Morgan fingerprint density at radius 1 is 1.33 bits per heavy atom. The smallest absolute Gasteiger partial charge is 0.264 e. The minimum absolute atomic E-state index is 0.152. The van der Waals surface area contributed by atoms with Crippen molar-refractivity contribution in [3.8, 4) is 5.75 Å². The van der Waals surface area contributed by atoms with E-state index in [0.717, 1.165) is 37.2 Å². The van der Waals surface area contributed by atoms with E-state index in [9.17, 15) is 0 Å². The molecule has 1 unspecified atom stereocenters. The van der Waals surface area contributed by atoms with E-state index < -0.39 is 0 Å². The van der Waals surface area contributed by atoms with Crippen molar-refractivity contribution >= 4 is 0 Å². The first-order valence-corrected chi connectivity index (χ1v) is 7.36. The van der Waals surface area contributed by atoms with Gasteiger partial charge in [-0.3, -0.25) is 4.98 Å². The van der Waals surface area contributed by atoms with Crippen LogP contribution in [0.4, 0.5) is 0 Å². The van der Waals surface area contributed by atoms with E-state index in [0.29, 0.717) is 11.6 Å². The predicted octanol–water partition coefficient (Wildman–Crippen LogP) is 2.28. The molecule has 2 rings (SSSR count). The number of ether oxygens (including phenoxy) is 1. The fourth-order valence-corrected chi connectivity index (χ4v) is 1.85. The average molecular weight is 290 g/mol. The van der Waals surface area contributed by atoms with Crippen LogP contribution in [0.25, 0.3) is 0 Å². The summed E-state index contributed by atoms with van der Waals surface area (Å²) in [6.45, 7) is 4.40. The van der Waals surface area contributed by atoms with Crippen molar-refractivity contribution in [2.24, 2.45) is 5.73 Å². The van der Waals surface area contributed by atoms with Crippen LogP contribution in [0.2, 0.25) is 0 Å². The van der Waals surface area contributed by atoms with Gasteiger partial charge in [-0.2, -0.15) is 4.98 Å². The molecule has 2 N–H and O–H groups in total. The minimum Gasteiger partial charge on any atom is -0.482 e. The zero-order valence-corrected chi connectivity index (χ0v) is 12.6. The van der Waals surface area contributed by atoms with Crippen LogP contribution in [-0.4, -0.2) is 21.2 Å². The van der Waals surface area contributed by atoms with E-state index in [1.54, 1.807) is 6.20 Å². The molecule has 0 saturated carbocycles. The predicted molar refractivity (Wildman–Crippen MR) is 78.8 cm³/mol. The van der Waals surface area contributed by atoms with Crippen LogP contribution in [0.3, 0.4) is 0 Å². The second kappa shape index (κ2) is 7.73. The number of nitrogens with two attached hydrogens (primary N) is 1. The molecule has 0 aliphatic rings. The van der Waals surface area contributed by atoms with Gasteiger partial charge in [0, 0.05) is 24.6 Å². The zero-order chi connectivity index (χ0) is 15.1. The molecular weight excluding hydrogens is 268 g/mol. The van der Waals surface area contributed by atoms with Crippen LogP contribution < -0.4 is 10.5 Å². The van der Waals surface area contributed by atoms with Gasteiger partial charge >= 0.3 is 0 Å². The lowest BCUT2D eigenvalue weighted by atomic mass is 10.1. The number of rotatable bonds is 8. The van der Waals surface area contributed by atoms with Crippen LogP contribution in [0.1, 0.15) is 44.1 Å².